The minimum Gasteiger partial charge on any atom is -0.494 e. The van der Waals surface area contributed by atoms with Crippen molar-refractivity contribution in [3.05, 3.63) is 29.3 Å². The van der Waals surface area contributed by atoms with E-state index in [0.717, 1.165) is 12.1 Å². The van der Waals surface area contributed by atoms with Crippen molar-refractivity contribution in [1.82, 2.24) is 5.43 Å². The minimum atomic E-state index is -0.661. The molecule has 0 aromatic heterocycles. The zero-order valence-electron chi connectivity index (χ0n) is 8.63. The lowest BCUT2D eigenvalue weighted by Gasteiger charge is -2.07. The summed E-state index contributed by atoms with van der Waals surface area (Å²) in [4.78, 5) is 0. The molecule has 0 aliphatic heterocycles. The van der Waals surface area contributed by atoms with Crippen LogP contribution in [-0.2, 0) is 6.54 Å². The summed E-state index contributed by atoms with van der Waals surface area (Å²) >= 11 is 0. The van der Waals surface area contributed by atoms with Gasteiger partial charge in [0.15, 0.2) is 0 Å². The summed E-state index contributed by atoms with van der Waals surface area (Å²) in [5, 5.41) is 0. The Morgan fingerprint density at radius 1 is 1.25 bits per heavy atom. The predicted octanol–water partition coefficient (Wildman–Crippen LogP) is 2.17. The molecular formula is C9H14Cl2F2N2O. The topological polar surface area (TPSA) is 47.3 Å². The minimum absolute atomic E-state index is 0. The van der Waals surface area contributed by atoms with E-state index in [4.69, 9.17) is 10.6 Å². The highest BCUT2D eigenvalue weighted by Gasteiger charge is 2.10. The number of ether oxygens (including phenoxy) is 1. The molecule has 3 N–H and O–H groups in total. The second kappa shape index (κ2) is 8.52. The summed E-state index contributed by atoms with van der Waals surface area (Å²) in [5.41, 5.74) is 2.11. The van der Waals surface area contributed by atoms with Crippen molar-refractivity contribution in [2.45, 2.75) is 13.5 Å². The normalized spacial score (nSPS) is 9.00. The molecule has 1 rings (SSSR count). The molecule has 0 unspecified atom stereocenters. The van der Waals surface area contributed by atoms with Gasteiger partial charge in [-0.2, -0.15) is 0 Å². The molecule has 0 saturated carbocycles. The Labute approximate surface area is 105 Å². The van der Waals surface area contributed by atoms with Crippen LogP contribution in [0.2, 0.25) is 0 Å². The van der Waals surface area contributed by atoms with Gasteiger partial charge in [0.1, 0.15) is 17.4 Å². The molecule has 0 fully saturated rings. The Hall–Kier alpha value is -0.620. The third kappa shape index (κ3) is 4.49. The lowest BCUT2D eigenvalue weighted by atomic mass is 10.2. The van der Waals surface area contributed by atoms with Crippen molar-refractivity contribution in [3.63, 3.8) is 0 Å². The molecule has 0 radical (unpaired) electrons. The Balaban J connectivity index is 0. The van der Waals surface area contributed by atoms with E-state index >= 15 is 0 Å². The fraction of sp³-hybridized carbons (Fsp3) is 0.333. The van der Waals surface area contributed by atoms with Crippen LogP contribution in [-0.4, -0.2) is 6.61 Å². The molecule has 0 aliphatic carbocycles. The van der Waals surface area contributed by atoms with Crippen LogP contribution in [0.3, 0.4) is 0 Å². The highest BCUT2D eigenvalue weighted by molar-refractivity contribution is 5.85. The number of nitrogens with one attached hydrogen (secondary N) is 1. The van der Waals surface area contributed by atoms with E-state index in [1.165, 1.54) is 0 Å². The quantitative estimate of drug-likeness (QED) is 0.654. The summed E-state index contributed by atoms with van der Waals surface area (Å²) in [7, 11) is 0. The molecule has 1 aromatic carbocycles. The summed E-state index contributed by atoms with van der Waals surface area (Å²) in [6.07, 6.45) is 0. The second-order valence-corrected chi connectivity index (χ2v) is 2.68. The Morgan fingerprint density at radius 2 is 1.75 bits per heavy atom. The van der Waals surface area contributed by atoms with Gasteiger partial charge in [0, 0.05) is 24.2 Å². The summed E-state index contributed by atoms with van der Waals surface area (Å²) in [6, 6.07) is 2.28. The van der Waals surface area contributed by atoms with Crippen LogP contribution in [0.1, 0.15) is 12.5 Å². The SMILES string of the molecule is CCOc1cc(F)c(CNN)c(F)c1.Cl.Cl. The van der Waals surface area contributed by atoms with Gasteiger partial charge in [-0.25, -0.2) is 8.78 Å². The van der Waals surface area contributed by atoms with Crippen molar-refractivity contribution in [3.8, 4) is 5.75 Å². The third-order valence-corrected chi connectivity index (χ3v) is 1.70. The number of hydrogen-bond donors (Lipinski definition) is 2. The molecule has 0 bridgehead atoms. The highest BCUT2D eigenvalue weighted by Crippen LogP contribution is 2.20. The van der Waals surface area contributed by atoms with E-state index in [9.17, 15) is 8.78 Å². The number of benzene rings is 1. The first kappa shape index (κ1) is 17.8. The van der Waals surface area contributed by atoms with Crippen molar-refractivity contribution in [2.75, 3.05) is 6.61 Å². The van der Waals surface area contributed by atoms with E-state index in [-0.39, 0.29) is 42.7 Å². The maximum atomic E-state index is 13.2. The molecule has 94 valence electrons. The van der Waals surface area contributed by atoms with E-state index in [1.807, 2.05) is 0 Å². The number of hydrazine groups is 1. The monoisotopic (exact) mass is 274 g/mol. The zero-order chi connectivity index (χ0) is 10.6. The van der Waals surface area contributed by atoms with Crippen molar-refractivity contribution in [2.24, 2.45) is 5.84 Å². The summed E-state index contributed by atoms with van der Waals surface area (Å²) < 4.78 is 31.4. The maximum Gasteiger partial charge on any atom is 0.134 e. The van der Waals surface area contributed by atoms with Gasteiger partial charge < -0.3 is 4.74 Å². The van der Waals surface area contributed by atoms with Crippen LogP contribution in [0.5, 0.6) is 5.75 Å². The molecule has 3 nitrogen and oxygen atoms in total. The van der Waals surface area contributed by atoms with Crippen molar-refractivity contribution in [1.29, 1.82) is 0 Å². The molecule has 0 amide bonds. The molecule has 0 aliphatic rings. The van der Waals surface area contributed by atoms with Gasteiger partial charge in [-0.05, 0) is 6.92 Å². The first-order chi connectivity index (χ1) is 6.69. The van der Waals surface area contributed by atoms with Gasteiger partial charge in [0.2, 0.25) is 0 Å². The van der Waals surface area contributed by atoms with Gasteiger partial charge in [0.25, 0.3) is 0 Å². The number of nitrogens with two attached hydrogens (primary N) is 1. The third-order valence-electron chi connectivity index (χ3n) is 1.70. The second-order valence-electron chi connectivity index (χ2n) is 2.68. The van der Waals surface area contributed by atoms with E-state index in [2.05, 4.69) is 5.43 Å². The largest absolute Gasteiger partial charge is 0.494 e. The molecule has 0 atom stereocenters. The molecule has 7 heteroatoms. The van der Waals surface area contributed by atoms with Crippen molar-refractivity contribution < 1.29 is 13.5 Å². The molecule has 1 aromatic rings. The predicted molar refractivity (Wildman–Crippen MR) is 63.1 cm³/mol. The molecule has 0 spiro atoms. The molecular weight excluding hydrogens is 261 g/mol. The lowest BCUT2D eigenvalue weighted by molar-refractivity contribution is 0.335. The molecule has 16 heavy (non-hydrogen) atoms. The van der Waals surface area contributed by atoms with E-state index in [1.54, 1.807) is 6.92 Å². The standard InChI is InChI=1S/C9H12F2N2O.2ClH/c1-2-14-6-3-8(10)7(5-13-12)9(11)4-6;;/h3-4,13H,2,5,12H2,1H3;2*1H. The Kier molecular flexibility index (Phi) is 9.46. The van der Waals surface area contributed by atoms with Crippen LogP contribution in [0.25, 0.3) is 0 Å². The fourth-order valence-corrected chi connectivity index (χ4v) is 1.10. The first-order valence-corrected chi connectivity index (χ1v) is 4.23. The smallest absolute Gasteiger partial charge is 0.134 e. The van der Waals surface area contributed by atoms with E-state index in [0.29, 0.717) is 6.61 Å². The maximum absolute atomic E-state index is 13.2. The average Bonchev–Trinajstić information content (AvgIpc) is 2.12. The fourth-order valence-electron chi connectivity index (χ4n) is 1.10. The van der Waals surface area contributed by atoms with E-state index < -0.39 is 11.6 Å². The van der Waals surface area contributed by atoms with Gasteiger partial charge in [0.05, 0.1) is 6.61 Å². The van der Waals surface area contributed by atoms with Gasteiger partial charge in [-0.15, -0.1) is 24.8 Å². The van der Waals surface area contributed by atoms with Crippen molar-refractivity contribution >= 4 is 24.8 Å². The Morgan fingerprint density at radius 3 is 2.12 bits per heavy atom. The lowest BCUT2D eigenvalue weighted by Crippen LogP contribution is -2.22. The highest BCUT2D eigenvalue weighted by atomic mass is 35.5. The number of halogens is 4. The number of rotatable bonds is 4. The van der Waals surface area contributed by atoms with Crippen LogP contribution in [0.4, 0.5) is 8.78 Å². The van der Waals surface area contributed by atoms with Gasteiger partial charge >= 0.3 is 0 Å². The molecule has 0 saturated heterocycles. The van der Waals surface area contributed by atoms with Crippen LogP contribution >= 0.6 is 24.8 Å². The van der Waals surface area contributed by atoms with Crippen LogP contribution in [0, 0.1) is 11.6 Å². The van der Waals surface area contributed by atoms with Crippen LogP contribution in [0.15, 0.2) is 12.1 Å². The Bertz CT molecular complexity index is 303. The zero-order valence-corrected chi connectivity index (χ0v) is 10.3. The number of hydrogen-bond acceptors (Lipinski definition) is 3. The van der Waals surface area contributed by atoms with Gasteiger partial charge in [-0.1, -0.05) is 0 Å². The van der Waals surface area contributed by atoms with Crippen LogP contribution < -0.4 is 16.0 Å². The van der Waals surface area contributed by atoms with Gasteiger partial charge in [-0.3, -0.25) is 11.3 Å². The summed E-state index contributed by atoms with van der Waals surface area (Å²) in [5.74, 6) is 3.84. The first-order valence-electron chi connectivity index (χ1n) is 4.23. The average molecular weight is 275 g/mol. The molecule has 0 heterocycles. The summed E-state index contributed by atoms with van der Waals surface area (Å²) in [6.45, 7) is 2.06.